The van der Waals surface area contributed by atoms with E-state index in [0.29, 0.717) is 0 Å². The van der Waals surface area contributed by atoms with E-state index in [1.807, 2.05) is 56.1 Å². The number of rotatable bonds is 44. The summed E-state index contributed by atoms with van der Waals surface area (Å²) in [6, 6.07) is 17.7. The average molecular weight is 1380 g/mol. The third-order valence-corrected chi connectivity index (χ3v) is 18.9. The Bertz CT molecular complexity index is 1530. The molecule has 79 heavy (non-hydrogen) atoms. The molecule has 455 valence electrons. The molecule has 0 atom stereocenters. The summed E-state index contributed by atoms with van der Waals surface area (Å²) in [5.41, 5.74) is 3.58. The summed E-state index contributed by atoms with van der Waals surface area (Å²) < 4.78 is 0. The van der Waals surface area contributed by atoms with Gasteiger partial charge in [-0.05, 0) is 97.2 Å². The van der Waals surface area contributed by atoms with Crippen LogP contribution in [0.5, 0.6) is 0 Å². The summed E-state index contributed by atoms with van der Waals surface area (Å²) in [6.07, 6.45) is 66.1. The summed E-state index contributed by atoms with van der Waals surface area (Å²) in [7, 11) is 0. The molecule has 0 aromatic carbocycles. The van der Waals surface area contributed by atoms with E-state index < -0.39 is 0 Å². The van der Waals surface area contributed by atoms with Gasteiger partial charge in [0, 0.05) is 65.0 Å². The predicted octanol–water partition coefficient (Wildman–Crippen LogP) is 27.1. The molecule has 0 unspecified atom stereocenters. The molecule has 6 rings (SSSR count). The molecule has 0 spiro atoms. The fourth-order valence-electron chi connectivity index (χ4n) is 9.32. The topological polar surface area (TPSA) is 25.8 Å². The Labute approximate surface area is 529 Å². The van der Waals surface area contributed by atoms with Gasteiger partial charge in [0.15, 0.2) is 0 Å². The quantitative estimate of drug-likeness (QED) is 0.0281. The van der Waals surface area contributed by atoms with Gasteiger partial charge in [0.2, 0.25) is 0 Å². The fraction of sp³-hybridized carbons (Fsp3) is 0.686. The second-order valence-corrected chi connectivity index (χ2v) is 27.0. The van der Waals surface area contributed by atoms with Gasteiger partial charge in [-0.1, -0.05) is 283 Å². The molecule has 0 aliphatic rings. The average Bonchev–Trinajstić information content (AvgIpc) is 4.33. The van der Waals surface area contributed by atoms with Crippen molar-refractivity contribution in [2.75, 3.05) is 0 Å². The van der Waals surface area contributed by atoms with Crippen LogP contribution in [0.3, 0.4) is 0 Å². The molecule has 0 N–H and O–H groups in total. The van der Waals surface area contributed by atoms with Crippen LogP contribution in [0.25, 0.3) is 0 Å². The largest absolute Gasteiger partial charge is 0.253 e. The molecule has 1 radical (unpaired) electrons. The first-order valence-corrected chi connectivity index (χ1v) is 37.9. The Morgan fingerprint density at radius 2 is 0.443 bits per heavy atom. The zero-order valence-corrected chi connectivity index (χ0v) is 58.2. The maximum absolute atomic E-state index is 3.74. The molecule has 0 amide bonds. The SMILES string of the molecule is CCCCCCCCCCCCc1cccs1.CCCCCCCCCCCCc1cccs1.CCCCCCCCCCCCc1cccs1.CCCCCCCCCCCCc1cccs1.[Au].c1cscn1.c1cscn1. The van der Waals surface area contributed by atoms with Crippen LogP contribution in [0, 0.1) is 0 Å². The second-order valence-electron chi connectivity index (χ2n) is 21.4. The van der Waals surface area contributed by atoms with Crippen LogP contribution in [0.2, 0.25) is 0 Å². The van der Waals surface area contributed by atoms with Crippen molar-refractivity contribution >= 4 is 68.0 Å². The van der Waals surface area contributed by atoms with Crippen LogP contribution in [-0.4, -0.2) is 9.97 Å². The third-order valence-electron chi connectivity index (χ3n) is 14.1. The molecule has 0 saturated heterocycles. The van der Waals surface area contributed by atoms with Crippen molar-refractivity contribution in [3.8, 4) is 0 Å². The minimum atomic E-state index is 0. The van der Waals surface area contributed by atoms with Gasteiger partial charge < -0.3 is 0 Å². The Kier molecular flexibility index (Phi) is 66.6. The van der Waals surface area contributed by atoms with Crippen molar-refractivity contribution < 1.29 is 22.4 Å². The zero-order chi connectivity index (χ0) is 55.8. The smallest absolute Gasteiger partial charge is 0.0791 e. The summed E-state index contributed by atoms with van der Waals surface area (Å²) in [5.74, 6) is 0. The van der Waals surface area contributed by atoms with Gasteiger partial charge in [-0.3, -0.25) is 9.97 Å². The number of thiazole rings is 2. The molecule has 0 saturated carbocycles. The van der Waals surface area contributed by atoms with E-state index in [2.05, 4.69) is 108 Å². The van der Waals surface area contributed by atoms with Crippen molar-refractivity contribution in [3.05, 3.63) is 124 Å². The minimum absolute atomic E-state index is 0. The van der Waals surface area contributed by atoms with E-state index >= 15 is 0 Å². The van der Waals surface area contributed by atoms with Crippen LogP contribution in [0.1, 0.15) is 304 Å². The van der Waals surface area contributed by atoms with Crippen molar-refractivity contribution in [1.29, 1.82) is 0 Å². The van der Waals surface area contributed by atoms with Crippen LogP contribution < -0.4 is 0 Å². The van der Waals surface area contributed by atoms with Crippen LogP contribution in [0.15, 0.2) is 104 Å². The van der Waals surface area contributed by atoms with Gasteiger partial charge in [-0.15, -0.1) is 68.0 Å². The summed E-state index contributed by atoms with van der Waals surface area (Å²) in [5, 5.41) is 12.6. The van der Waals surface area contributed by atoms with E-state index in [9.17, 15) is 0 Å². The van der Waals surface area contributed by atoms with Crippen LogP contribution in [0.4, 0.5) is 0 Å². The van der Waals surface area contributed by atoms with Crippen LogP contribution in [-0.2, 0) is 48.1 Å². The van der Waals surface area contributed by atoms with E-state index in [1.165, 1.54) is 283 Å². The van der Waals surface area contributed by atoms with Gasteiger partial charge in [0.1, 0.15) is 0 Å². The first kappa shape index (κ1) is 77.8. The number of aromatic nitrogens is 2. The zero-order valence-electron chi connectivity index (χ0n) is 51.2. The minimum Gasteiger partial charge on any atom is -0.253 e. The van der Waals surface area contributed by atoms with Crippen molar-refractivity contribution in [1.82, 2.24) is 9.97 Å². The van der Waals surface area contributed by atoms with E-state index in [-0.39, 0.29) is 22.4 Å². The standard InChI is InChI=1S/4C16H28S.2C3H3NS.Au/c4*1-2-3-4-5-6-7-8-9-10-11-13-16-14-12-15-17-16;2*1-2-5-3-4-1;/h4*12,14-15H,2-11,13H2,1H3;2*1-3H;. The number of aryl methyl sites for hydroxylation is 4. The number of hydrogen-bond donors (Lipinski definition) is 0. The molecule has 0 fully saturated rings. The van der Waals surface area contributed by atoms with Crippen LogP contribution >= 0.6 is 68.0 Å². The molecular weight excluding hydrogens is 1260 g/mol. The summed E-state index contributed by atoms with van der Waals surface area (Å²) in [4.78, 5) is 13.7. The monoisotopic (exact) mass is 1380 g/mol. The summed E-state index contributed by atoms with van der Waals surface area (Å²) >= 11 is 10.8. The van der Waals surface area contributed by atoms with E-state index in [4.69, 9.17) is 0 Å². The van der Waals surface area contributed by atoms with Crippen molar-refractivity contribution in [2.45, 2.75) is 310 Å². The molecule has 0 aliphatic heterocycles. The molecule has 9 heteroatoms. The number of nitrogens with zero attached hydrogens (tertiary/aromatic N) is 2. The molecule has 6 heterocycles. The number of thiophene rings is 4. The van der Waals surface area contributed by atoms with Crippen molar-refractivity contribution in [2.24, 2.45) is 0 Å². The second kappa shape index (κ2) is 67.6. The first-order chi connectivity index (χ1) is 38.7. The van der Waals surface area contributed by atoms with Gasteiger partial charge in [0.25, 0.3) is 0 Å². The van der Waals surface area contributed by atoms with E-state index in [0.717, 1.165) is 0 Å². The third kappa shape index (κ3) is 59.8. The first-order valence-electron chi connectivity index (χ1n) is 32.5. The maximum atomic E-state index is 3.74. The molecule has 0 bridgehead atoms. The van der Waals surface area contributed by atoms with Gasteiger partial charge in [-0.25, -0.2) is 0 Å². The van der Waals surface area contributed by atoms with E-state index in [1.54, 1.807) is 65.6 Å². The normalized spacial score (nSPS) is 10.4. The van der Waals surface area contributed by atoms with Crippen molar-refractivity contribution in [3.63, 3.8) is 0 Å². The predicted molar refractivity (Wildman–Crippen MR) is 364 cm³/mol. The molecule has 2 nitrogen and oxygen atoms in total. The number of unbranched alkanes of at least 4 members (excludes halogenated alkanes) is 36. The Morgan fingerprint density at radius 3 is 0.570 bits per heavy atom. The Morgan fingerprint density at radius 1 is 0.253 bits per heavy atom. The maximum Gasteiger partial charge on any atom is 0.0791 e. The molecule has 6 aromatic heterocycles. The number of hydrogen-bond acceptors (Lipinski definition) is 8. The van der Waals surface area contributed by atoms with Gasteiger partial charge in [-0.2, -0.15) is 0 Å². The molecule has 6 aromatic rings. The molecular formula is C70H118AuN2S6. The fourth-order valence-corrected chi connectivity index (χ4v) is 13.0. The molecule has 0 aliphatic carbocycles. The van der Waals surface area contributed by atoms with Gasteiger partial charge >= 0.3 is 0 Å². The summed E-state index contributed by atoms with van der Waals surface area (Å²) in [6.45, 7) is 9.14. The Hall–Kier alpha value is -1.20. The Balaban J connectivity index is 0.000000961. The van der Waals surface area contributed by atoms with Gasteiger partial charge in [0.05, 0.1) is 11.0 Å².